The molecule has 5 nitrogen and oxygen atoms in total. The molecule has 0 N–H and O–H groups in total. The Morgan fingerprint density at radius 2 is 1.52 bits per heavy atom. The van der Waals surface area contributed by atoms with Crippen LogP contribution in [0.4, 0.5) is 0 Å². The number of rotatable bonds is 4. The molecule has 2 heterocycles. The van der Waals surface area contributed by atoms with Gasteiger partial charge in [-0.05, 0) is 30.5 Å². The first-order valence-corrected chi connectivity index (χ1v) is 9.99. The first-order chi connectivity index (χ1) is 13.2. The molecule has 1 aliphatic heterocycles. The maximum Gasteiger partial charge on any atom is 0.270 e. The SMILES string of the molecule is O=C(c1cccn1Cc1ccccc1)N1CCN(C(=O)C2CCCC2)CC1. The number of hydrogen-bond donors (Lipinski definition) is 0. The molecule has 2 aromatic rings. The summed E-state index contributed by atoms with van der Waals surface area (Å²) in [5.74, 6) is 0.575. The molecule has 0 radical (unpaired) electrons. The molecule has 4 rings (SSSR count). The lowest BCUT2D eigenvalue weighted by molar-refractivity contribution is -0.136. The molecule has 0 unspecified atom stereocenters. The molecule has 2 amide bonds. The van der Waals surface area contributed by atoms with Crippen molar-refractivity contribution in [2.24, 2.45) is 5.92 Å². The van der Waals surface area contributed by atoms with Gasteiger partial charge in [-0.15, -0.1) is 0 Å². The minimum Gasteiger partial charge on any atom is -0.339 e. The molecule has 1 saturated carbocycles. The van der Waals surface area contributed by atoms with Gasteiger partial charge in [-0.2, -0.15) is 0 Å². The zero-order chi connectivity index (χ0) is 18.6. The minimum absolute atomic E-state index is 0.0592. The van der Waals surface area contributed by atoms with Gasteiger partial charge in [-0.3, -0.25) is 9.59 Å². The molecular weight excluding hydrogens is 338 g/mol. The number of amides is 2. The van der Waals surface area contributed by atoms with E-state index in [1.807, 2.05) is 50.9 Å². The Balaban J connectivity index is 1.37. The van der Waals surface area contributed by atoms with E-state index in [0.29, 0.717) is 38.6 Å². The van der Waals surface area contributed by atoms with E-state index in [9.17, 15) is 9.59 Å². The van der Waals surface area contributed by atoms with Crippen LogP contribution in [0.1, 0.15) is 41.7 Å². The maximum absolute atomic E-state index is 13.0. The lowest BCUT2D eigenvalue weighted by Gasteiger charge is -2.36. The third kappa shape index (κ3) is 3.92. The lowest BCUT2D eigenvalue weighted by Crippen LogP contribution is -2.52. The number of nitrogens with zero attached hydrogens (tertiary/aromatic N) is 3. The van der Waals surface area contributed by atoms with Crippen LogP contribution in [0.15, 0.2) is 48.7 Å². The van der Waals surface area contributed by atoms with Crippen LogP contribution in [0.2, 0.25) is 0 Å². The number of carbonyl (C=O) groups excluding carboxylic acids is 2. The van der Waals surface area contributed by atoms with Gasteiger partial charge in [0.25, 0.3) is 5.91 Å². The summed E-state index contributed by atoms with van der Waals surface area (Å²) in [5, 5.41) is 0. The largest absolute Gasteiger partial charge is 0.339 e. The van der Waals surface area contributed by atoms with E-state index in [1.54, 1.807) is 0 Å². The van der Waals surface area contributed by atoms with Crippen molar-refractivity contribution >= 4 is 11.8 Å². The molecule has 1 saturated heterocycles. The molecule has 2 fully saturated rings. The van der Waals surface area contributed by atoms with Gasteiger partial charge in [0, 0.05) is 44.8 Å². The predicted octanol–water partition coefficient (Wildman–Crippen LogP) is 3.01. The Morgan fingerprint density at radius 1 is 0.852 bits per heavy atom. The van der Waals surface area contributed by atoms with Crippen molar-refractivity contribution in [3.63, 3.8) is 0 Å². The average Bonchev–Trinajstić information content (AvgIpc) is 3.40. The van der Waals surface area contributed by atoms with Crippen LogP contribution >= 0.6 is 0 Å². The summed E-state index contributed by atoms with van der Waals surface area (Å²) in [6, 6.07) is 14.0. The van der Waals surface area contributed by atoms with Gasteiger partial charge in [-0.1, -0.05) is 43.2 Å². The summed E-state index contributed by atoms with van der Waals surface area (Å²) in [5.41, 5.74) is 1.89. The molecule has 5 heteroatoms. The van der Waals surface area contributed by atoms with Crippen LogP contribution in [-0.4, -0.2) is 52.4 Å². The molecule has 0 atom stereocenters. The van der Waals surface area contributed by atoms with Crippen LogP contribution in [0.5, 0.6) is 0 Å². The molecule has 1 aromatic heterocycles. The van der Waals surface area contributed by atoms with Crippen molar-refractivity contribution in [1.29, 1.82) is 0 Å². The van der Waals surface area contributed by atoms with Crippen molar-refractivity contribution in [3.05, 3.63) is 59.9 Å². The maximum atomic E-state index is 13.0. The van der Waals surface area contributed by atoms with E-state index >= 15 is 0 Å². The smallest absolute Gasteiger partial charge is 0.270 e. The molecule has 2 aliphatic rings. The van der Waals surface area contributed by atoms with Crippen LogP contribution < -0.4 is 0 Å². The molecule has 27 heavy (non-hydrogen) atoms. The monoisotopic (exact) mass is 365 g/mol. The summed E-state index contributed by atoms with van der Waals surface area (Å²) < 4.78 is 2.01. The molecule has 0 spiro atoms. The van der Waals surface area contributed by atoms with E-state index in [1.165, 1.54) is 18.4 Å². The van der Waals surface area contributed by atoms with Crippen molar-refractivity contribution in [3.8, 4) is 0 Å². The second-order valence-corrected chi connectivity index (χ2v) is 7.61. The van der Waals surface area contributed by atoms with E-state index in [-0.39, 0.29) is 11.8 Å². The summed E-state index contributed by atoms with van der Waals surface area (Å²) in [6.45, 7) is 3.23. The zero-order valence-corrected chi connectivity index (χ0v) is 15.7. The summed E-state index contributed by atoms with van der Waals surface area (Å²) in [7, 11) is 0. The van der Waals surface area contributed by atoms with Gasteiger partial charge in [0.15, 0.2) is 0 Å². The van der Waals surface area contributed by atoms with Gasteiger partial charge >= 0.3 is 0 Å². The number of piperazine rings is 1. The van der Waals surface area contributed by atoms with Gasteiger partial charge in [-0.25, -0.2) is 0 Å². The van der Waals surface area contributed by atoms with Gasteiger partial charge in [0.05, 0.1) is 0 Å². The summed E-state index contributed by atoms with van der Waals surface area (Å²) in [6.07, 6.45) is 6.37. The van der Waals surface area contributed by atoms with Gasteiger partial charge in [0.2, 0.25) is 5.91 Å². The van der Waals surface area contributed by atoms with Crippen LogP contribution in [0.25, 0.3) is 0 Å². The highest BCUT2D eigenvalue weighted by Gasteiger charge is 2.31. The fourth-order valence-corrected chi connectivity index (χ4v) is 4.25. The third-order valence-electron chi connectivity index (χ3n) is 5.83. The predicted molar refractivity (Wildman–Crippen MR) is 104 cm³/mol. The highest BCUT2D eigenvalue weighted by Crippen LogP contribution is 2.27. The average molecular weight is 365 g/mol. The fraction of sp³-hybridized carbons (Fsp3) is 0.455. The highest BCUT2D eigenvalue weighted by atomic mass is 16.2. The standard InChI is InChI=1S/C22H27N3O2/c26-21(19-9-4-5-10-19)23-13-15-24(16-14-23)22(27)20-11-6-12-25(20)17-18-7-2-1-3-8-18/h1-3,6-8,11-12,19H,4-5,9-10,13-17H2. The number of aromatic nitrogens is 1. The molecular formula is C22H27N3O2. The second kappa shape index (κ2) is 7.99. The second-order valence-electron chi connectivity index (χ2n) is 7.61. The number of carbonyl (C=O) groups is 2. The Bertz CT molecular complexity index is 785. The van der Waals surface area contributed by atoms with Crippen molar-refractivity contribution in [2.45, 2.75) is 32.2 Å². The lowest BCUT2D eigenvalue weighted by atomic mass is 10.1. The van der Waals surface area contributed by atoms with E-state index < -0.39 is 0 Å². The van der Waals surface area contributed by atoms with Crippen LogP contribution in [-0.2, 0) is 11.3 Å². The molecule has 142 valence electrons. The highest BCUT2D eigenvalue weighted by molar-refractivity contribution is 5.93. The Kier molecular flexibility index (Phi) is 5.28. The number of hydrogen-bond acceptors (Lipinski definition) is 2. The Labute approximate surface area is 160 Å². The normalized spacial score (nSPS) is 18.1. The molecule has 1 aliphatic carbocycles. The Morgan fingerprint density at radius 3 is 2.22 bits per heavy atom. The fourth-order valence-electron chi connectivity index (χ4n) is 4.25. The van der Waals surface area contributed by atoms with E-state index in [2.05, 4.69) is 12.1 Å². The van der Waals surface area contributed by atoms with Crippen LogP contribution in [0.3, 0.4) is 0 Å². The quantitative estimate of drug-likeness (QED) is 0.836. The third-order valence-corrected chi connectivity index (χ3v) is 5.83. The van der Waals surface area contributed by atoms with Gasteiger partial charge in [0.1, 0.15) is 5.69 Å². The summed E-state index contributed by atoms with van der Waals surface area (Å²) >= 11 is 0. The first kappa shape index (κ1) is 17.8. The topological polar surface area (TPSA) is 45.6 Å². The van der Waals surface area contributed by atoms with Crippen LogP contribution in [0, 0.1) is 5.92 Å². The van der Waals surface area contributed by atoms with Gasteiger partial charge < -0.3 is 14.4 Å². The van der Waals surface area contributed by atoms with Crippen molar-refractivity contribution < 1.29 is 9.59 Å². The van der Waals surface area contributed by atoms with E-state index in [4.69, 9.17) is 0 Å². The Hall–Kier alpha value is -2.56. The van der Waals surface area contributed by atoms with Crippen molar-refractivity contribution in [2.75, 3.05) is 26.2 Å². The summed E-state index contributed by atoms with van der Waals surface area (Å²) in [4.78, 5) is 29.4. The molecule has 0 bridgehead atoms. The first-order valence-electron chi connectivity index (χ1n) is 9.99. The molecule has 1 aromatic carbocycles. The number of benzene rings is 1. The zero-order valence-electron chi connectivity index (χ0n) is 15.7. The van der Waals surface area contributed by atoms with E-state index in [0.717, 1.165) is 18.5 Å². The minimum atomic E-state index is 0.0592. The van der Waals surface area contributed by atoms with Crippen molar-refractivity contribution in [1.82, 2.24) is 14.4 Å².